The highest BCUT2D eigenvalue weighted by Crippen LogP contribution is 2.41. The van der Waals surface area contributed by atoms with Crippen LogP contribution in [0.4, 0.5) is 22.7 Å². The van der Waals surface area contributed by atoms with Gasteiger partial charge in [-0.2, -0.15) is 0 Å². The highest BCUT2D eigenvalue weighted by atomic mass is 35.5. The van der Waals surface area contributed by atoms with Gasteiger partial charge in [-0.15, -0.1) is 0 Å². The zero-order valence-electron chi connectivity index (χ0n) is 11.7. The van der Waals surface area contributed by atoms with E-state index < -0.39 is 0 Å². The quantitative estimate of drug-likeness (QED) is 0.593. The number of hydrogen-bond acceptors (Lipinski definition) is 2. The molecular formula is C18H14Cl2N2. The lowest BCUT2D eigenvalue weighted by Gasteiger charge is -2.27. The number of halogens is 2. The SMILES string of the molecule is Nc1ccccc1N(c1ccccc1)c1ccc(Cl)cc1Cl. The predicted octanol–water partition coefficient (Wildman–Crippen LogP) is 6.05. The van der Waals surface area contributed by atoms with Crippen molar-refractivity contribution >= 4 is 46.0 Å². The summed E-state index contributed by atoms with van der Waals surface area (Å²) in [5.41, 5.74) is 9.52. The normalized spacial score (nSPS) is 10.5. The van der Waals surface area contributed by atoms with E-state index in [1.54, 1.807) is 6.07 Å². The number of rotatable bonds is 3. The van der Waals surface area contributed by atoms with Gasteiger partial charge < -0.3 is 10.6 Å². The molecular weight excluding hydrogens is 315 g/mol. The number of nitrogens with zero attached hydrogens (tertiary/aromatic N) is 1. The molecule has 0 aliphatic carbocycles. The number of anilines is 4. The zero-order valence-corrected chi connectivity index (χ0v) is 13.2. The Morgan fingerprint density at radius 2 is 1.41 bits per heavy atom. The molecule has 0 aliphatic rings. The van der Waals surface area contributed by atoms with Gasteiger partial charge in [0.15, 0.2) is 0 Å². The first-order chi connectivity index (χ1) is 10.7. The second kappa shape index (κ2) is 6.30. The molecule has 0 radical (unpaired) electrons. The molecule has 3 rings (SSSR count). The van der Waals surface area contributed by atoms with Crippen molar-refractivity contribution in [1.82, 2.24) is 0 Å². The van der Waals surface area contributed by atoms with Gasteiger partial charge in [0.05, 0.1) is 22.1 Å². The molecule has 0 spiro atoms. The molecule has 110 valence electrons. The van der Waals surface area contributed by atoms with Crippen LogP contribution in [-0.2, 0) is 0 Å². The lowest BCUT2D eigenvalue weighted by atomic mass is 10.1. The van der Waals surface area contributed by atoms with E-state index in [4.69, 9.17) is 28.9 Å². The Labute approximate surface area is 139 Å². The highest BCUT2D eigenvalue weighted by Gasteiger charge is 2.17. The van der Waals surface area contributed by atoms with Crippen molar-refractivity contribution < 1.29 is 0 Å². The second-order valence-corrected chi connectivity index (χ2v) is 5.67. The van der Waals surface area contributed by atoms with Gasteiger partial charge in [-0.05, 0) is 42.5 Å². The van der Waals surface area contributed by atoms with E-state index in [-0.39, 0.29) is 0 Å². The minimum atomic E-state index is 0.569. The molecule has 4 heteroatoms. The summed E-state index contributed by atoms with van der Waals surface area (Å²) >= 11 is 12.4. The van der Waals surface area contributed by atoms with Crippen LogP contribution in [-0.4, -0.2) is 0 Å². The first-order valence-electron chi connectivity index (χ1n) is 6.81. The Kier molecular flexibility index (Phi) is 4.23. The molecule has 0 saturated heterocycles. The number of nitrogen functional groups attached to an aromatic ring is 1. The minimum Gasteiger partial charge on any atom is -0.397 e. The largest absolute Gasteiger partial charge is 0.397 e. The molecule has 0 saturated carbocycles. The zero-order chi connectivity index (χ0) is 15.5. The van der Waals surface area contributed by atoms with Crippen LogP contribution in [0.1, 0.15) is 0 Å². The maximum absolute atomic E-state index is 6.41. The Balaban J connectivity index is 2.22. The van der Waals surface area contributed by atoms with E-state index in [2.05, 4.69) is 0 Å². The van der Waals surface area contributed by atoms with E-state index in [0.29, 0.717) is 15.7 Å². The molecule has 22 heavy (non-hydrogen) atoms. The third-order valence-electron chi connectivity index (χ3n) is 3.34. The van der Waals surface area contributed by atoms with Gasteiger partial charge in [0.25, 0.3) is 0 Å². The van der Waals surface area contributed by atoms with Crippen molar-refractivity contribution in [3.05, 3.63) is 82.8 Å². The molecule has 0 aromatic heterocycles. The highest BCUT2D eigenvalue weighted by molar-refractivity contribution is 6.36. The van der Waals surface area contributed by atoms with E-state index >= 15 is 0 Å². The monoisotopic (exact) mass is 328 g/mol. The summed E-state index contributed by atoms with van der Waals surface area (Å²) in [4.78, 5) is 2.02. The van der Waals surface area contributed by atoms with Crippen LogP contribution in [0.5, 0.6) is 0 Å². The predicted molar refractivity (Wildman–Crippen MR) is 95.6 cm³/mol. The standard InChI is InChI=1S/C18H14Cl2N2/c19-13-10-11-17(15(20)12-13)22(14-6-2-1-3-7-14)18-9-5-4-8-16(18)21/h1-12H,21H2. The van der Waals surface area contributed by atoms with Crippen molar-refractivity contribution in [2.45, 2.75) is 0 Å². The van der Waals surface area contributed by atoms with Crippen LogP contribution in [0.2, 0.25) is 10.0 Å². The van der Waals surface area contributed by atoms with E-state index in [1.165, 1.54) is 0 Å². The van der Waals surface area contributed by atoms with Gasteiger partial charge in [-0.25, -0.2) is 0 Å². The van der Waals surface area contributed by atoms with Crippen LogP contribution >= 0.6 is 23.2 Å². The summed E-state index contributed by atoms with van der Waals surface area (Å²) in [6, 6.07) is 23.1. The van der Waals surface area contributed by atoms with Crippen molar-refractivity contribution in [3.8, 4) is 0 Å². The van der Waals surface area contributed by atoms with Gasteiger partial charge in [0.1, 0.15) is 0 Å². The fourth-order valence-electron chi connectivity index (χ4n) is 2.34. The van der Waals surface area contributed by atoms with E-state index in [1.807, 2.05) is 71.6 Å². The van der Waals surface area contributed by atoms with Gasteiger partial charge in [-0.3, -0.25) is 0 Å². The van der Waals surface area contributed by atoms with Crippen molar-refractivity contribution in [2.75, 3.05) is 10.6 Å². The third-order valence-corrected chi connectivity index (χ3v) is 3.88. The molecule has 3 aromatic carbocycles. The molecule has 2 N–H and O–H groups in total. The molecule has 0 heterocycles. The average Bonchev–Trinajstić information content (AvgIpc) is 2.52. The van der Waals surface area contributed by atoms with Gasteiger partial charge in [-0.1, -0.05) is 53.5 Å². The van der Waals surface area contributed by atoms with Gasteiger partial charge in [0.2, 0.25) is 0 Å². The van der Waals surface area contributed by atoms with Crippen LogP contribution in [0.3, 0.4) is 0 Å². The van der Waals surface area contributed by atoms with E-state index in [0.717, 1.165) is 17.1 Å². The third kappa shape index (κ3) is 2.89. The smallest absolute Gasteiger partial charge is 0.0691 e. The Morgan fingerprint density at radius 3 is 2.09 bits per heavy atom. The fraction of sp³-hybridized carbons (Fsp3) is 0. The summed E-state index contributed by atoms with van der Waals surface area (Å²) in [6.45, 7) is 0. The van der Waals surface area contributed by atoms with Crippen LogP contribution in [0.25, 0.3) is 0 Å². The molecule has 0 bridgehead atoms. The summed E-state index contributed by atoms with van der Waals surface area (Å²) in [5, 5.41) is 1.17. The van der Waals surface area contributed by atoms with Gasteiger partial charge >= 0.3 is 0 Å². The molecule has 0 fully saturated rings. The summed E-state index contributed by atoms with van der Waals surface area (Å²) in [7, 11) is 0. The summed E-state index contributed by atoms with van der Waals surface area (Å²) < 4.78 is 0. The number of para-hydroxylation sites is 3. The molecule has 0 aliphatic heterocycles. The molecule has 0 amide bonds. The lowest BCUT2D eigenvalue weighted by Crippen LogP contribution is -2.12. The lowest BCUT2D eigenvalue weighted by molar-refractivity contribution is 1.28. The Morgan fingerprint density at radius 1 is 0.727 bits per heavy atom. The van der Waals surface area contributed by atoms with Crippen molar-refractivity contribution in [1.29, 1.82) is 0 Å². The van der Waals surface area contributed by atoms with Gasteiger partial charge in [0, 0.05) is 10.7 Å². The average molecular weight is 329 g/mol. The summed E-state index contributed by atoms with van der Waals surface area (Å²) in [5.74, 6) is 0. The summed E-state index contributed by atoms with van der Waals surface area (Å²) in [6.07, 6.45) is 0. The van der Waals surface area contributed by atoms with Crippen LogP contribution in [0.15, 0.2) is 72.8 Å². The maximum Gasteiger partial charge on any atom is 0.0691 e. The van der Waals surface area contributed by atoms with Crippen LogP contribution < -0.4 is 10.6 Å². The topological polar surface area (TPSA) is 29.3 Å². The molecule has 0 atom stereocenters. The Bertz CT molecular complexity index is 788. The first kappa shape index (κ1) is 14.8. The first-order valence-corrected chi connectivity index (χ1v) is 7.57. The van der Waals surface area contributed by atoms with Crippen LogP contribution in [0, 0.1) is 0 Å². The Hall–Kier alpha value is -2.16. The van der Waals surface area contributed by atoms with Crippen molar-refractivity contribution in [3.63, 3.8) is 0 Å². The fourth-order valence-corrected chi connectivity index (χ4v) is 2.83. The molecule has 0 unspecified atom stereocenters. The second-order valence-electron chi connectivity index (χ2n) is 4.83. The maximum atomic E-state index is 6.41. The minimum absolute atomic E-state index is 0.569. The number of nitrogens with two attached hydrogens (primary N) is 1. The number of hydrogen-bond donors (Lipinski definition) is 1. The molecule has 3 aromatic rings. The molecule has 2 nitrogen and oxygen atoms in total. The van der Waals surface area contributed by atoms with E-state index in [9.17, 15) is 0 Å². The van der Waals surface area contributed by atoms with Crippen molar-refractivity contribution in [2.24, 2.45) is 0 Å². The number of benzene rings is 3.